The summed E-state index contributed by atoms with van der Waals surface area (Å²) >= 11 is 0. The third-order valence-electron chi connectivity index (χ3n) is 1.56. The Bertz CT molecular complexity index is 342. The van der Waals surface area contributed by atoms with Crippen molar-refractivity contribution in [3.05, 3.63) is 24.0 Å². The van der Waals surface area contributed by atoms with E-state index in [0.717, 1.165) is 6.07 Å². The lowest BCUT2D eigenvalue weighted by Gasteiger charge is -2.05. The average Bonchev–Trinajstić information content (AvgIpc) is 2.12. The number of nitrogens with one attached hydrogen (secondary N) is 1. The van der Waals surface area contributed by atoms with E-state index in [1.807, 2.05) is 0 Å². The van der Waals surface area contributed by atoms with Gasteiger partial charge in [0.1, 0.15) is 12.4 Å². The Balaban J connectivity index is 2.68. The van der Waals surface area contributed by atoms with E-state index < -0.39 is 5.82 Å². The first-order valence-electron chi connectivity index (χ1n) is 3.97. The molecule has 1 amide bonds. The molecular formula is C9H11FN2O2. The van der Waals surface area contributed by atoms with Gasteiger partial charge >= 0.3 is 0 Å². The molecule has 3 N–H and O–H groups in total. The predicted octanol–water partition coefficient (Wildman–Crippen LogP) is 0.993. The summed E-state index contributed by atoms with van der Waals surface area (Å²) in [6.07, 6.45) is 0. The number of anilines is 2. The van der Waals surface area contributed by atoms with Crippen LogP contribution in [0.4, 0.5) is 15.8 Å². The Morgan fingerprint density at radius 2 is 2.36 bits per heavy atom. The molecule has 14 heavy (non-hydrogen) atoms. The topological polar surface area (TPSA) is 64.3 Å². The van der Waals surface area contributed by atoms with E-state index in [-0.39, 0.29) is 18.2 Å². The van der Waals surface area contributed by atoms with Crippen LogP contribution in [0.5, 0.6) is 0 Å². The van der Waals surface area contributed by atoms with Gasteiger partial charge in [-0.25, -0.2) is 4.39 Å². The van der Waals surface area contributed by atoms with Gasteiger partial charge < -0.3 is 15.8 Å². The third kappa shape index (κ3) is 2.70. The predicted molar refractivity (Wildman–Crippen MR) is 51.3 cm³/mol. The van der Waals surface area contributed by atoms with Crippen molar-refractivity contribution in [1.82, 2.24) is 0 Å². The van der Waals surface area contributed by atoms with E-state index in [9.17, 15) is 9.18 Å². The fourth-order valence-corrected chi connectivity index (χ4v) is 0.933. The van der Waals surface area contributed by atoms with Gasteiger partial charge in [0.2, 0.25) is 5.91 Å². The summed E-state index contributed by atoms with van der Waals surface area (Å²) in [5.41, 5.74) is 5.68. The van der Waals surface area contributed by atoms with Crippen LogP contribution in [0.25, 0.3) is 0 Å². The second kappa shape index (κ2) is 4.57. The number of carbonyl (C=O) groups excluding carboxylic acids is 1. The largest absolute Gasteiger partial charge is 0.396 e. The normalized spacial score (nSPS) is 9.86. The molecule has 0 aliphatic carbocycles. The number of nitrogen functional groups attached to an aromatic ring is 1. The maximum atomic E-state index is 12.9. The summed E-state index contributed by atoms with van der Waals surface area (Å²) in [6.45, 7) is -0.0635. The summed E-state index contributed by atoms with van der Waals surface area (Å²) in [5, 5.41) is 2.45. The molecule has 0 radical (unpaired) electrons. The Hall–Kier alpha value is -1.62. The first-order valence-corrected chi connectivity index (χ1v) is 3.97. The maximum Gasteiger partial charge on any atom is 0.250 e. The van der Waals surface area contributed by atoms with Crippen molar-refractivity contribution in [2.45, 2.75) is 0 Å². The molecule has 0 aliphatic rings. The standard InChI is InChI=1S/C9H11FN2O2/c1-14-5-9(13)12-6-2-3-8(11)7(10)4-6/h2-4H,5,11H2,1H3,(H,12,13). The van der Waals surface area contributed by atoms with Gasteiger partial charge in [-0.2, -0.15) is 0 Å². The molecule has 0 unspecified atom stereocenters. The van der Waals surface area contributed by atoms with E-state index in [0.29, 0.717) is 5.69 Å². The van der Waals surface area contributed by atoms with E-state index in [1.54, 1.807) is 0 Å². The molecule has 0 saturated heterocycles. The maximum absolute atomic E-state index is 12.9. The Morgan fingerprint density at radius 1 is 1.64 bits per heavy atom. The lowest BCUT2D eigenvalue weighted by molar-refractivity contribution is -0.119. The smallest absolute Gasteiger partial charge is 0.250 e. The average molecular weight is 198 g/mol. The number of hydrogen-bond donors (Lipinski definition) is 2. The highest BCUT2D eigenvalue weighted by Crippen LogP contribution is 2.15. The molecule has 0 atom stereocenters. The number of carbonyl (C=O) groups is 1. The van der Waals surface area contributed by atoms with Crippen LogP contribution in [0.2, 0.25) is 0 Å². The molecule has 4 nitrogen and oxygen atoms in total. The summed E-state index contributed by atoms with van der Waals surface area (Å²) in [6, 6.07) is 4.06. The monoisotopic (exact) mass is 198 g/mol. The van der Waals surface area contributed by atoms with Crippen LogP contribution in [0.15, 0.2) is 18.2 Å². The van der Waals surface area contributed by atoms with E-state index in [1.165, 1.54) is 19.2 Å². The van der Waals surface area contributed by atoms with Crippen LogP contribution in [0.3, 0.4) is 0 Å². The van der Waals surface area contributed by atoms with Crippen molar-refractivity contribution in [1.29, 1.82) is 0 Å². The molecule has 0 fully saturated rings. The van der Waals surface area contributed by atoms with Crippen LogP contribution in [-0.2, 0) is 9.53 Å². The summed E-state index contributed by atoms with van der Waals surface area (Å²) in [5.74, 6) is -0.892. The van der Waals surface area contributed by atoms with Crippen molar-refractivity contribution in [2.24, 2.45) is 0 Å². The number of halogens is 1. The number of hydrogen-bond acceptors (Lipinski definition) is 3. The van der Waals surface area contributed by atoms with Gasteiger partial charge in [-0.05, 0) is 18.2 Å². The minimum atomic E-state index is -0.555. The van der Waals surface area contributed by atoms with Crippen LogP contribution in [0, 0.1) is 5.82 Å². The highest BCUT2D eigenvalue weighted by atomic mass is 19.1. The second-order valence-corrected chi connectivity index (χ2v) is 2.72. The van der Waals surface area contributed by atoms with Gasteiger partial charge in [0, 0.05) is 12.8 Å². The molecule has 76 valence electrons. The number of rotatable bonds is 3. The zero-order chi connectivity index (χ0) is 10.6. The molecule has 0 spiro atoms. The van der Waals surface area contributed by atoms with Crippen LogP contribution in [-0.4, -0.2) is 19.6 Å². The van der Waals surface area contributed by atoms with Crippen LogP contribution in [0.1, 0.15) is 0 Å². The molecule has 0 aromatic heterocycles. The number of benzene rings is 1. The zero-order valence-electron chi connectivity index (χ0n) is 7.71. The van der Waals surface area contributed by atoms with Gasteiger partial charge in [0.15, 0.2) is 0 Å². The molecule has 0 aliphatic heterocycles. The molecule has 1 rings (SSSR count). The number of nitrogens with two attached hydrogens (primary N) is 1. The fourth-order valence-electron chi connectivity index (χ4n) is 0.933. The van der Waals surface area contributed by atoms with E-state index in [2.05, 4.69) is 10.1 Å². The second-order valence-electron chi connectivity index (χ2n) is 2.72. The van der Waals surface area contributed by atoms with Crippen molar-refractivity contribution < 1.29 is 13.9 Å². The fraction of sp³-hybridized carbons (Fsp3) is 0.222. The van der Waals surface area contributed by atoms with Crippen molar-refractivity contribution in [3.63, 3.8) is 0 Å². The minimum absolute atomic E-state index is 0.0507. The molecular weight excluding hydrogens is 187 g/mol. The lowest BCUT2D eigenvalue weighted by atomic mass is 10.2. The van der Waals surface area contributed by atoms with Crippen molar-refractivity contribution in [3.8, 4) is 0 Å². The number of ether oxygens (including phenoxy) is 1. The van der Waals surface area contributed by atoms with Crippen molar-refractivity contribution >= 4 is 17.3 Å². The minimum Gasteiger partial charge on any atom is -0.396 e. The van der Waals surface area contributed by atoms with E-state index >= 15 is 0 Å². The zero-order valence-corrected chi connectivity index (χ0v) is 7.71. The summed E-state index contributed by atoms with van der Waals surface area (Å²) in [4.78, 5) is 11.0. The number of methoxy groups -OCH3 is 1. The van der Waals surface area contributed by atoms with Gasteiger partial charge in [-0.1, -0.05) is 0 Å². The van der Waals surface area contributed by atoms with E-state index in [4.69, 9.17) is 5.73 Å². The Labute approximate surface area is 80.9 Å². The SMILES string of the molecule is COCC(=O)Nc1ccc(N)c(F)c1. The van der Waals surface area contributed by atoms with Gasteiger partial charge in [-0.15, -0.1) is 0 Å². The molecule has 0 saturated carbocycles. The highest BCUT2D eigenvalue weighted by Gasteiger charge is 2.03. The van der Waals surface area contributed by atoms with Crippen molar-refractivity contribution in [2.75, 3.05) is 24.8 Å². The van der Waals surface area contributed by atoms with Crippen LogP contribution < -0.4 is 11.1 Å². The molecule has 5 heteroatoms. The van der Waals surface area contributed by atoms with Crippen LogP contribution >= 0.6 is 0 Å². The Kier molecular flexibility index (Phi) is 3.41. The first-order chi connectivity index (χ1) is 6.63. The number of amides is 1. The highest BCUT2D eigenvalue weighted by molar-refractivity contribution is 5.91. The first kappa shape index (κ1) is 10.5. The van der Waals surface area contributed by atoms with Gasteiger partial charge in [0.25, 0.3) is 0 Å². The summed E-state index contributed by atoms with van der Waals surface area (Å²) in [7, 11) is 1.41. The molecule has 0 bridgehead atoms. The summed E-state index contributed by atoms with van der Waals surface area (Å²) < 4.78 is 17.5. The molecule has 0 heterocycles. The Morgan fingerprint density at radius 3 is 2.93 bits per heavy atom. The molecule has 1 aromatic carbocycles. The van der Waals surface area contributed by atoms with Gasteiger partial charge in [-0.3, -0.25) is 4.79 Å². The quantitative estimate of drug-likeness (QED) is 0.712. The third-order valence-corrected chi connectivity index (χ3v) is 1.56. The van der Waals surface area contributed by atoms with Gasteiger partial charge in [0.05, 0.1) is 5.69 Å². The lowest BCUT2D eigenvalue weighted by Crippen LogP contribution is -2.17. The molecule has 1 aromatic rings.